The number of aliphatic carboxylic acids is 1. The highest BCUT2D eigenvalue weighted by molar-refractivity contribution is 5.93. The van der Waals surface area contributed by atoms with Crippen molar-refractivity contribution in [3.63, 3.8) is 0 Å². The van der Waals surface area contributed by atoms with E-state index >= 15 is 0 Å². The van der Waals surface area contributed by atoms with E-state index in [0.717, 1.165) is 31.6 Å². The Labute approximate surface area is 123 Å². The normalized spacial score (nSPS) is 19.7. The third-order valence-electron chi connectivity index (χ3n) is 4.24. The molecule has 1 aromatic rings. The van der Waals surface area contributed by atoms with Gasteiger partial charge in [0.15, 0.2) is 0 Å². The van der Waals surface area contributed by atoms with Crippen LogP contribution in [0.5, 0.6) is 0 Å². The molecule has 1 amide bonds. The highest BCUT2D eigenvalue weighted by atomic mass is 16.4. The van der Waals surface area contributed by atoms with Crippen molar-refractivity contribution in [1.29, 1.82) is 0 Å². The van der Waals surface area contributed by atoms with Gasteiger partial charge < -0.3 is 14.6 Å². The minimum atomic E-state index is -0.768. The van der Waals surface area contributed by atoms with E-state index in [1.165, 1.54) is 0 Å². The average Bonchev–Trinajstić information content (AvgIpc) is 3.22. The van der Waals surface area contributed by atoms with Crippen LogP contribution in [0.15, 0.2) is 18.3 Å². The summed E-state index contributed by atoms with van der Waals surface area (Å²) in [6, 6.07) is 4.35. The van der Waals surface area contributed by atoms with E-state index in [0.29, 0.717) is 25.7 Å². The van der Waals surface area contributed by atoms with Gasteiger partial charge in [-0.15, -0.1) is 0 Å². The third-order valence-corrected chi connectivity index (χ3v) is 4.24. The van der Waals surface area contributed by atoms with Crippen molar-refractivity contribution in [3.05, 3.63) is 24.0 Å². The minimum absolute atomic E-state index is 0.102. The Kier molecular flexibility index (Phi) is 3.96. The highest BCUT2D eigenvalue weighted by Gasteiger charge is 2.29. The van der Waals surface area contributed by atoms with Crippen LogP contribution >= 0.6 is 0 Å². The van der Waals surface area contributed by atoms with Gasteiger partial charge in [0, 0.05) is 45.0 Å². The van der Waals surface area contributed by atoms with Crippen LogP contribution in [0.2, 0.25) is 0 Å². The van der Waals surface area contributed by atoms with Gasteiger partial charge in [-0.25, -0.2) is 0 Å². The van der Waals surface area contributed by atoms with Crippen LogP contribution in [-0.4, -0.2) is 64.1 Å². The minimum Gasteiger partial charge on any atom is -0.481 e. The molecule has 114 valence electrons. The molecular formula is C15H21N3O3. The maximum Gasteiger partial charge on any atom is 0.304 e. The molecule has 1 saturated heterocycles. The number of aromatic nitrogens is 1. The number of hydrogen-bond donors (Lipinski definition) is 1. The first-order chi connectivity index (χ1) is 10.1. The molecule has 0 radical (unpaired) electrons. The smallest absolute Gasteiger partial charge is 0.304 e. The van der Waals surface area contributed by atoms with Crippen LogP contribution in [0.1, 0.15) is 35.8 Å². The molecule has 2 fully saturated rings. The molecule has 0 spiro atoms. The van der Waals surface area contributed by atoms with Crippen molar-refractivity contribution >= 4 is 11.9 Å². The Morgan fingerprint density at radius 2 is 1.90 bits per heavy atom. The molecular weight excluding hydrogens is 270 g/mol. The number of carbonyl (C=O) groups excluding carboxylic acids is 1. The molecule has 1 aromatic heterocycles. The zero-order valence-corrected chi connectivity index (χ0v) is 12.1. The zero-order chi connectivity index (χ0) is 14.8. The molecule has 2 aliphatic rings. The van der Waals surface area contributed by atoms with Crippen molar-refractivity contribution in [2.45, 2.75) is 25.3 Å². The largest absolute Gasteiger partial charge is 0.481 e. The predicted molar refractivity (Wildman–Crippen MR) is 77.3 cm³/mol. The van der Waals surface area contributed by atoms with Gasteiger partial charge in [-0.3, -0.25) is 14.5 Å². The molecule has 1 N–H and O–H groups in total. The van der Waals surface area contributed by atoms with E-state index < -0.39 is 5.97 Å². The van der Waals surface area contributed by atoms with Crippen LogP contribution in [-0.2, 0) is 4.79 Å². The van der Waals surface area contributed by atoms with Gasteiger partial charge in [-0.2, -0.15) is 0 Å². The molecule has 6 nitrogen and oxygen atoms in total. The van der Waals surface area contributed by atoms with E-state index in [2.05, 4.69) is 9.47 Å². The van der Waals surface area contributed by atoms with E-state index in [1.807, 2.05) is 23.2 Å². The van der Waals surface area contributed by atoms with E-state index in [1.54, 1.807) is 0 Å². The van der Waals surface area contributed by atoms with Gasteiger partial charge in [0.25, 0.3) is 5.91 Å². The Morgan fingerprint density at radius 3 is 2.52 bits per heavy atom. The number of rotatable bonds is 5. The Hall–Kier alpha value is -1.82. The highest BCUT2D eigenvalue weighted by Crippen LogP contribution is 2.36. The first-order valence-corrected chi connectivity index (χ1v) is 7.55. The fourth-order valence-electron chi connectivity index (χ4n) is 2.84. The van der Waals surface area contributed by atoms with Gasteiger partial charge in [-0.1, -0.05) is 0 Å². The van der Waals surface area contributed by atoms with Crippen LogP contribution in [0, 0.1) is 0 Å². The molecule has 6 heteroatoms. The first kappa shape index (κ1) is 14.1. The first-order valence-electron chi connectivity index (χ1n) is 7.55. The van der Waals surface area contributed by atoms with Gasteiger partial charge in [0.05, 0.1) is 6.42 Å². The Bertz CT molecular complexity index is 528. The molecule has 21 heavy (non-hydrogen) atoms. The monoisotopic (exact) mass is 291 g/mol. The summed E-state index contributed by atoms with van der Waals surface area (Å²) in [5.41, 5.74) is 0.788. The number of carboxylic acids is 1. The summed E-state index contributed by atoms with van der Waals surface area (Å²) in [5, 5.41) is 8.70. The van der Waals surface area contributed by atoms with Crippen molar-refractivity contribution in [2.24, 2.45) is 0 Å². The van der Waals surface area contributed by atoms with Gasteiger partial charge in [-0.05, 0) is 25.0 Å². The van der Waals surface area contributed by atoms with E-state index in [4.69, 9.17) is 5.11 Å². The summed E-state index contributed by atoms with van der Waals surface area (Å²) >= 11 is 0. The zero-order valence-electron chi connectivity index (χ0n) is 12.1. The van der Waals surface area contributed by atoms with E-state index in [9.17, 15) is 9.59 Å². The standard InChI is InChI=1S/C15H21N3O3/c19-14(20)5-7-16-8-10-17(11-9-16)15(21)13-2-1-6-18(13)12-3-4-12/h1-2,6,12H,3-5,7-11H2,(H,19,20). The lowest BCUT2D eigenvalue weighted by molar-refractivity contribution is -0.137. The predicted octanol–water partition coefficient (Wildman–Crippen LogP) is 1.06. The Balaban J connectivity index is 1.55. The molecule has 0 aromatic carbocycles. The molecule has 0 unspecified atom stereocenters. The summed E-state index contributed by atoms with van der Waals surface area (Å²) in [7, 11) is 0. The van der Waals surface area contributed by atoms with Gasteiger partial charge in [0.2, 0.25) is 0 Å². The summed E-state index contributed by atoms with van der Waals surface area (Å²) in [4.78, 5) is 27.2. The summed E-state index contributed by atoms with van der Waals surface area (Å²) in [6.07, 6.45) is 4.49. The number of hydrogen-bond acceptors (Lipinski definition) is 3. The lowest BCUT2D eigenvalue weighted by Crippen LogP contribution is -2.49. The lowest BCUT2D eigenvalue weighted by Gasteiger charge is -2.34. The number of piperazine rings is 1. The fourth-order valence-corrected chi connectivity index (χ4v) is 2.84. The quantitative estimate of drug-likeness (QED) is 0.881. The molecule has 2 heterocycles. The van der Waals surface area contributed by atoms with Crippen LogP contribution in [0.3, 0.4) is 0 Å². The fraction of sp³-hybridized carbons (Fsp3) is 0.600. The third kappa shape index (κ3) is 3.26. The maximum atomic E-state index is 12.6. The summed E-state index contributed by atoms with van der Waals surface area (Å²) in [6.45, 7) is 3.42. The van der Waals surface area contributed by atoms with Gasteiger partial charge >= 0.3 is 5.97 Å². The number of carboxylic acid groups (broad SMARTS) is 1. The molecule has 1 aliphatic heterocycles. The molecule has 3 rings (SSSR count). The summed E-state index contributed by atoms with van der Waals surface area (Å²) < 4.78 is 2.10. The summed E-state index contributed by atoms with van der Waals surface area (Å²) in [5.74, 6) is -0.666. The molecule has 1 aliphatic carbocycles. The lowest BCUT2D eigenvalue weighted by atomic mass is 10.2. The molecule has 1 saturated carbocycles. The second-order valence-electron chi connectivity index (χ2n) is 5.81. The SMILES string of the molecule is O=C(O)CCN1CCN(C(=O)c2cccn2C2CC2)CC1. The number of carbonyl (C=O) groups is 2. The van der Waals surface area contributed by atoms with E-state index in [-0.39, 0.29) is 12.3 Å². The molecule has 0 bridgehead atoms. The average molecular weight is 291 g/mol. The van der Waals surface area contributed by atoms with Crippen molar-refractivity contribution in [1.82, 2.24) is 14.4 Å². The van der Waals surface area contributed by atoms with Gasteiger partial charge in [0.1, 0.15) is 5.69 Å². The van der Waals surface area contributed by atoms with Crippen LogP contribution < -0.4 is 0 Å². The second-order valence-corrected chi connectivity index (χ2v) is 5.81. The van der Waals surface area contributed by atoms with Crippen molar-refractivity contribution in [3.8, 4) is 0 Å². The number of nitrogens with zero attached hydrogens (tertiary/aromatic N) is 3. The Morgan fingerprint density at radius 1 is 1.19 bits per heavy atom. The van der Waals surface area contributed by atoms with Crippen molar-refractivity contribution in [2.75, 3.05) is 32.7 Å². The topological polar surface area (TPSA) is 65.8 Å². The second kappa shape index (κ2) is 5.89. The molecule has 0 atom stereocenters. The van der Waals surface area contributed by atoms with Crippen LogP contribution in [0.25, 0.3) is 0 Å². The van der Waals surface area contributed by atoms with Crippen LogP contribution in [0.4, 0.5) is 0 Å². The van der Waals surface area contributed by atoms with Crippen molar-refractivity contribution < 1.29 is 14.7 Å². The maximum absolute atomic E-state index is 12.6. The number of amides is 1.